The summed E-state index contributed by atoms with van der Waals surface area (Å²) in [4.78, 5) is 11.3. The van der Waals surface area contributed by atoms with Crippen LogP contribution in [0.3, 0.4) is 0 Å². The van der Waals surface area contributed by atoms with Gasteiger partial charge in [0.25, 0.3) is 0 Å². The van der Waals surface area contributed by atoms with Crippen LogP contribution in [0.4, 0.5) is 5.82 Å². The predicted molar refractivity (Wildman–Crippen MR) is 123 cm³/mol. The van der Waals surface area contributed by atoms with Crippen molar-refractivity contribution in [2.45, 2.75) is 26.3 Å². The van der Waals surface area contributed by atoms with Crippen molar-refractivity contribution in [2.75, 3.05) is 18.1 Å². The van der Waals surface area contributed by atoms with Crippen molar-refractivity contribution >= 4 is 16.7 Å². The normalized spacial score (nSPS) is 11.0. The topological polar surface area (TPSA) is 38.2 Å². The highest BCUT2D eigenvalue weighted by Gasteiger charge is 2.14. The molecule has 3 aromatic carbocycles. The average molecular weight is 398 g/mol. The summed E-state index contributed by atoms with van der Waals surface area (Å²) in [7, 11) is 0. The van der Waals surface area contributed by atoms with Crippen molar-refractivity contribution in [3.8, 4) is 5.75 Å². The van der Waals surface area contributed by atoms with E-state index >= 15 is 0 Å². The Balaban J connectivity index is 1.58. The molecule has 0 atom stereocenters. The van der Waals surface area contributed by atoms with Gasteiger partial charge >= 0.3 is 0 Å². The first-order chi connectivity index (χ1) is 14.7. The number of benzene rings is 3. The van der Waals surface area contributed by atoms with E-state index in [1.165, 1.54) is 11.1 Å². The summed E-state index contributed by atoms with van der Waals surface area (Å²) in [5, 5.41) is 1.05. The molecule has 0 bridgehead atoms. The van der Waals surface area contributed by atoms with E-state index < -0.39 is 0 Å². The minimum Gasteiger partial charge on any atom is -0.491 e. The Bertz CT molecular complexity index is 1090. The molecule has 4 aromatic rings. The Labute approximate surface area is 178 Å². The summed E-state index contributed by atoms with van der Waals surface area (Å²) in [5.74, 6) is 2.32. The molecule has 4 nitrogen and oxygen atoms in total. The third kappa shape index (κ3) is 4.60. The summed E-state index contributed by atoms with van der Waals surface area (Å²) in [5.41, 5.74) is 3.43. The summed E-state index contributed by atoms with van der Waals surface area (Å²) in [6.07, 6.45) is 1.64. The van der Waals surface area contributed by atoms with Crippen LogP contribution in [0, 0.1) is 0 Å². The van der Waals surface area contributed by atoms with Gasteiger partial charge in [-0.15, -0.1) is 0 Å². The van der Waals surface area contributed by atoms with Gasteiger partial charge in [-0.25, -0.2) is 9.97 Å². The van der Waals surface area contributed by atoms with E-state index in [9.17, 15) is 0 Å². The largest absolute Gasteiger partial charge is 0.491 e. The molecule has 1 aromatic heterocycles. The van der Waals surface area contributed by atoms with Crippen LogP contribution in [0.25, 0.3) is 10.9 Å². The van der Waals surface area contributed by atoms with E-state index in [0.29, 0.717) is 12.5 Å². The molecule has 0 spiro atoms. The fraction of sp³-hybridized carbons (Fsp3) is 0.231. The fourth-order valence-electron chi connectivity index (χ4n) is 3.66. The third-order valence-electron chi connectivity index (χ3n) is 5.20. The second-order valence-electron chi connectivity index (χ2n) is 7.66. The van der Waals surface area contributed by atoms with Crippen molar-refractivity contribution < 1.29 is 4.74 Å². The van der Waals surface area contributed by atoms with Gasteiger partial charge in [-0.1, -0.05) is 74.5 Å². The van der Waals surface area contributed by atoms with Crippen LogP contribution in [-0.2, 0) is 6.54 Å². The maximum Gasteiger partial charge on any atom is 0.140 e. The van der Waals surface area contributed by atoms with Gasteiger partial charge in [-0.05, 0) is 35.2 Å². The lowest BCUT2D eigenvalue weighted by atomic mass is 10.0. The molecule has 0 saturated heterocycles. The molecule has 4 heteroatoms. The van der Waals surface area contributed by atoms with Crippen LogP contribution in [0.2, 0.25) is 0 Å². The van der Waals surface area contributed by atoms with Crippen LogP contribution < -0.4 is 9.64 Å². The van der Waals surface area contributed by atoms with Gasteiger partial charge < -0.3 is 9.64 Å². The highest BCUT2D eigenvalue weighted by Crippen LogP contribution is 2.27. The standard InChI is InChI=1S/C26H27N3O/c1-20(2)22-12-7-9-15-25(22)30-17-16-29(18-21-10-4-3-5-11-21)26-23-13-6-8-14-24(23)27-19-28-26/h3-15,19-20H,16-18H2,1-2H3. The second kappa shape index (κ2) is 9.40. The van der Waals surface area contributed by atoms with E-state index in [-0.39, 0.29) is 0 Å². The van der Waals surface area contributed by atoms with E-state index in [2.05, 4.69) is 77.2 Å². The lowest BCUT2D eigenvalue weighted by molar-refractivity contribution is 0.318. The van der Waals surface area contributed by atoms with Gasteiger partial charge in [0, 0.05) is 11.9 Å². The molecule has 152 valence electrons. The number of nitrogens with zero attached hydrogens (tertiary/aromatic N) is 3. The quantitative estimate of drug-likeness (QED) is 0.374. The number of rotatable bonds is 8. The zero-order valence-corrected chi connectivity index (χ0v) is 17.5. The number of hydrogen-bond acceptors (Lipinski definition) is 4. The first-order valence-corrected chi connectivity index (χ1v) is 10.4. The van der Waals surface area contributed by atoms with Gasteiger partial charge in [0.05, 0.1) is 12.1 Å². The van der Waals surface area contributed by atoms with Gasteiger partial charge in [0.2, 0.25) is 0 Å². The summed E-state index contributed by atoms with van der Waals surface area (Å²) in [6.45, 7) is 6.45. The zero-order chi connectivity index (χ0) is 20.8. The number of aromatic nitrogens is 2. The van der Waals surface area contributed by atoms with Crippen molar-refractivity contribution in [1.82, 2.24) is 9.97 Å². The molecule has 0 saturated carbocycles. The van der Waals surface area contributed by atoms with Crippen molar-refractivity contribution in [1.29, 1.82) is 0 Å². The van der Waals surface area contributed by atoms with Crippen molar-refractivity contribution in [3.05, 3.63) is 96.3 Å². The van der Waals surface area contributed by atoms with Gasteiger partial charge in [0.15, 0.2) is 0 Å². The van der Waals surface area contributed by atoms with Crippen molar-refractivity contribution in [2.24, 2.45) is 0 Å². The van der Waals surface area contributed by atoms with E-state index in [0.717, 1.165) is 35.6 Å². The maximum absolute atomic E-state index is 6.22. The van der Waals surface area contributed by atoms with E-state index in [4.69, 9.17) is 4.74 Å². The minimum atomic E-state index is 0.424. The molecule has 0 fully saturated rings. The SMILES string of the molecule is CC(C)c1ccccc1OCCN(Cc1ccccc1)c1ncnc2ccccc12. The highest BCUT2D eigenvalue weighted by molar-refractivity contribution is 5.89. The lowest BCUT2D eigenvalue weighted by Gasteiger charge is -2.25. The molecular formula is C26H27N3O. The smallest absolute Gasteiger partial charge is 0.140 e. The lowest BCUT2D eigenvalue weighted by Crippen LogP contribution is -2.29. The molecule has 30 heavy (non-hydrogen) atoms. The molecule has 0 aliphatic carbocycles. The molecule has 0 amide bonds. The Hall–Kier alpha value is -3.40. The number of fused-ring (bicyclic) bond motifs is 1. The molecule has 1 heterocycles. The fourth-order valence-corrected chi connectivity index (χ4v) is 3.66. The van der Waals surface area contributed by atoms with E-state index in [1.807, 2.05) is 30.3 Å². The Morgan fingerprint density at radius 3 is 2.40 bits per heavy atom. The summed E-state index contributed by atoms with van der Waals surface area (Å²) < 4.78 is 6.22. The molecule has 0 aliphatic rings. The summed E-state index contributed by atoms with van der Waals surface area (Å²) >= 11 is 0. The molecule has 0 aliphatic heterocycles. The van der Waals surface area contributed by atoms with Crippen molar-refractivity contribution in [3.63, 3.8) is 0 Å². The molecule has 0 unspecified atom stereocenters. The molecule has 0 radical (unpaired) electrons. The third-order valence-corrected chi connectivity index (χ3v) is 5.20. The maximum atomic E-state index is 6.22. The number of anilines is 1. The molecule has 4 rings (SSSR count). The van der Waals surface area contributed by atoms with Crippen LogP contribution in [0.15, 0.2) is 85.2 Å². The predicted octanol–water partition coefficient (Wildman–Crippen LogP) is 5.84. The zero-order valence-electron chi connectivity index (χ0n) is 17.5. The van der Waals surface area contributed by atoms with Gasteiger partial charge in [-0.2, -0.15) is 0 Å². The Morgan fingerprint density at radius 2 is 1.57 bits per heavy atom. The number of hydrogen-bond donors (Lipinski definition) is 0. The van der Waals surface area contributed by atoms with E-state index in [1.54, 1.807) is 6.33 Å². The monoisotopic (exact) mass is 397 g/mol. The number of ether oxygens (including phenoxy) is 1. The molecule has 0 N–H and O–H groups in total. The van der Waals surface area contributed by atoms with Crippen LogP contribution in [0.5, 0.6) is 5.75 Å². The Kier molecular flexibility index (Phi) is 6.23. The van der Waals surface area contributed by atoms with Crippen LogP contribution in [-0.4, -0.2) is 23.1 Å². The summed E-state index contributed by atoms with van der Waals surface area (Å²) in [6, 6.07) is 26.9. The second-order valence-corrected chi connectivity index (χ2v) is 7.66. The Morgan fingerprint density at radius 1 is 0.833 bits per heavy atom. The molecular weight excluding hydrogens is 370 g/mol. The number of para-hydroxylation sites is 2. The first-order valence-electron chi connectivity index (χ1n) is 10.4. The minimum absolute atomic E-state index is 0.424. The van der Waals surface area contributed by atoms with Gasteiger partial charge in [0.1, 0.15) is 24.5 Å². The van der Waals surface area contributed by atoms with Crippen LogP contribution >= 0.6 is 0 Å². The average Bonchev–Trinajstić information content (AvgIpc) is 2.79. The highest BCUT2D eigenvalue weighted by atomic mass is 16.5. The first kappa shape index (κ1) is 19.9. The van der Waals surface area contributed by atoms with Crippen LogP contribution in [0.1, 0.15) is 30.9 Å². The van der Waals surface area contributed by atoms with Gasteiger partial charge in [-0.3, -0.25) is 0 Å².